The average molecular weight is 573 g/mol. The van der Waals surface area contributed by atoms with Crippen molar-refractivity contribution >= 4 is 17.5 Å². The highest BCUT2D eigenvalue weighted by Crippen LogP contribution is 2.74. The monoisotopic (exact) mass is 572 g/mol. The predicted octanol–water partition coefficient (Wildman–Crippen LogP) is 7.24. The maximum Gasteiger partial charge on any atom is 0.405 e. The maximum absolute atomic E-state index is 14.4. The molecular formula is C33H43F3N2O3. The Kier molecular flexibility index (Phi) is 6.45. The number of allylic oxidation sites excluding steroid dienone is 4. The summed E-state index contributed by atoms with van der Waals surface area (Å²) in [7, 11) is 0. The van der Waals surface area contributed by atoms with Gasteiger partial charge in [-0.25, -0.2) is 4.85 Å². The molecule has 3 saturated carbocycles. The molecule has 0 aromatic carbocycles. The SMILES string of the molecule is [C-]#[N+]C1=C[C@]2(C)C3=CC(=O)C4C5CC(C)(C)CC[C@]5(C(=O)NCC(F)(F)F)CC[C@@]4(C)[C@]3(C)CC[C@H]2C(C)(C)C1=O. The standard InChI is InChI=1S/C33H43F3N2O3/c1-27(2)11-13-32(26(41)38-18-33(34,35)36)14-12-31(7)24(19(32)16-27)21(39)15-23-29(5)17-20(37-8)25(40)28(3,4)22(29)9-10-30(23,31)6/h15,17,19,22,24H,9-14,16,18H2,1-7H3,(H,38,41)/t19?,22-,24?,29-,30+,31+,32-/m0/s1. The third-order valence-electron chi connectivity index (χ3n) is 12.7. The van der Waals surface area contributed by atoms with Gasteiger partial charge in [0.1, 0.15) is 6.54 Å². The zero-order valence-electron chi connectivity index (χ0n) is 25.3. The molecule has 3 fully saturated rings. The Labute approximate surface area is 241 Å². The van der Waals surface area contributed by atoms with Gasteiger partial charge in [0.15, 0.2) is 11.6 Å². The van der Waals surface area contributed by atoms with E-state index in [-0.39, 0.29) is 34.5 Å². The van der Waals surface area contributed by atoms with Crippen LogP contribution in [-0.2, 0) is 14.4 Å². The lowest BCUT2D eigenvalue weighted by Gasteiger charge is -2.69. The molecule has 5 aliphatic carbocycles. The quantitative estimate of drug-likeness (QED) is 0.355. The molecule has 0 heterocycles. The lowest BCUT2D eigenvalue weighted by molar-refractivity contribution is -0.181. The molecule has 0 spiro atoms. The van der Waals surface area contributed by atoms with Crippen molar-refractivity contribution in [2.24, 2.45) is 50.2 Å². The second kappa shape index (κ2) is 8.80. The molecule has 5 rings (SSSR count). The van der Waals surface area contributed by atoms with E-state index in [1.807, 2.05) is 13.8 Å². The Morgan fingerprint density at radius 2 is 1.66 bits per heavy atom. The number of fused-ring (bicyclic) bond motifs is 7. The Balaban J connectivity index is 1.65. The number of carbonyl (C=O) groups excluding carboxylic acids is 3. The zero-order valence-corrected chi connectivity index (χ0v) is 25.3. The topological polar surface area (TPSA) is 67.6 Å². The van der Waals surface area contributed by atoms with E-state index in [0.717, 1.165) is 18.4 Å². The Hall–Kier alpha value is -2.43. The first-order valence-electron chi connectivity index (χ1n) is 15.0. The van der Waals surface area contributed by atoms with Crippen molar-refractivity contribution in [1.29, 1.82) is 0 Å². The number of alkyl halides is 3. The van der Waals surface area contributed by atoms with E-state index in [1.165, 1.54) is 0 Å². The minimum atomic E-state index is -4.51. The summed E-state index contributed by atoms with van der Waals surface area (Å²) in [5, 5.41) is 2.21. The number of Topliss-reactive ketones (excluding diaryl/α,β-unsaturated/α-hetero) is 1. The van der Waals surface area contributed by atoms with E-state index < -0.39 is 51.6 Å². The van der Waals surface area contributed by atoms with Crippen LogP contribution < -0.4 is 5.32 Å². The summed E-state index contributed by atoms with van der Waals surface area (Å²) in [4.78, 5) is 44.9. The molecule has 8 heteroatoms. The largest absolute Gasteiger partial charge is 0.405 e. The van der Waals surface area contributed by atoms with Crippen molar-refractivity contribution in [3.05, 3.63) is 34.8 Å². The number of halogens is 3. The molecule has 2 unspecified atom stereocenters. The number of amides is 1. The van der Waals surface area contributed by atoms with Gasteiger partial charge in [-0.3, -0.25) is 9.59 Å². The molecule has 7 atom stereocenters. The molecule has 0 bridgehead atoms. The van der Waals surface area contributed by atoms with Gasteiger partial charge in [-0.2, -0.15) is 13.2 Å². The number of nitrogens with zero attached hydrogens (tertiary/aromatic N) is 1. The van der Waals surface area contributed by atoms with Crippen LogP contribution in [-0.4, -0.2) is 30.2 Å². The van der Waals surface area contributed by atoms with Crippen molar-refractivity contribution < 1.29 is 27.6 Å². The fourth-order valence-corrected chi connectivity index (χ4v) is 10.4. The first-order valence-corrected chi connectivity index (χ1v) is 15.0. The first kappa shape index (κ1) is 30.0. The van der Waals surface area contributed by atoms with Gasteiger partial charge in [0, 0.05) is 16.7 Å². The number of rotatable bonds is 2. The van der Waals surface area contributed by atoms with Gasteiger partial charge in [0.25, 0.3) is 0 Å². The molecular weight excluding hydrogens is 529 g/mol. The molecule has 5 nitrogen and oxygen atoms in total. The lowest BCUT2D eigenvalue weighted by Crippen LogP contribution is -2.66. The van der Waals surface area contributed by atoms with Crippen molar-refractivity contribution in [3.63, 3.8) is 0 Å². The van der Waals surface area contributed by atoms with Crippen LogP contribution in [0.15, 0.2) is 23.4 Å². The Bertz CT molecular complexity index is 1320. The normalized spacial score (nSPS) is 42.8. The summed E-state index contributed by atoms with van der Waals surface area (Å²) in [6.07, 6.45) is 3.35. The van der Waals surface area contributed by atoms with Crippen LogP contribution in [0.4, 0.5) is 13.2 Å². The molecule has 0 aliphatic heterocycles. The van der Waals surface area contributed by atoms with E-state index in [0.29, 0.717) is 32.1 Å². The van der Waals surface area contributed by atoms with Crippen LogP contribution in [0.25, 0.3) is 4.85 Å². The fraction of sp³-hybridized carbons (Fsp3) is 0.758. The van der Waals surface area contributed by atoms with Crippen molar-refractivity contribution in [1.82, 2.24) is 5.32 Å². The highest BCUT2D eigenvalue weighted by atomic mass is 19.4. The smallest absolute Gasteiger partial charge is 0.346 e. The summed E-state index contributed by atoms with van der Waals surface area (Å²) in [5.74, 6) is -1.72. The van der Waals surface area contributed by atoms with Crippen LogP contribution >= 0.6 is 0 Å². The van der Waals surface area contributed by atoms with Crippen molar-refractivity contribution in [3.8, 4) is 0 Å². The average Bonchev–Trinajstić information content (AvgIpc) is 2.85. The second-order valence-corrected chi connectivity index (χ2v) is 15.7. The number of nitrogens with one attached hydrogen (secondary N) is 1. The van der Waals surface area contributed by atoms with Gasteiger partial charge in [-0.05, 0) is 79.1 Å². The summed E-state index contributed by atoms with van der Waals surface area (Å²) < 4.78 is 39.4. The zero-order chi connectivity index (χ0) is 30.6. The molecule has 0 radical (unpaired) electrons. The molecule has 5 aliphatic rings. The second-order valence-electron chi connectivity index (χ2n) is 15.7. The van der Waals surface area contributed by atoms with E-state index in [4.69, 9.17) is 6.57 Å². The molecule has 0 aromatic heterocycles. The summed E-state index contributed by atoms with van der Waals surface area (Å²) in [6.45, 7) is 20.8. The lowest BCUT2D eigenvalue weighted by atomic mass is 9.34. The van der Waals surface area contributed by atoms with Gasteiger partial charge in [0.05, 0.1) is 12.0 Å². The Morgan fingerprint density at radius 1 is 1.02 bits per heavy atom. The number of ketones is 2. The van der Waals surface area contributed by atoms with E-state index >= 15 is 0 Å². The van der Waals surface area contributed by atoms with Crippen LogP contribution in [0.5, 0.6) is 0 Å². The van der Waals surface area contributed by atoms with Gasteiger partial charge < -0.3 is 10.1 Å². The minimum absolute atomic E-state index is 0.0651. The van der Waals surface area contributed by atoms with Crippen molar-refractivity contribution in [2.45, 2.75) is 99.6 Å². The van der Waals surface area contributed by atoms with Gasteiger partial charge in [-0.15, -0.1) is 0 Å². The maximum atomic E-state index is 14.4. The third-order valence-corrected chi connectivity index (χ3v) is 12.7. The van der Waals surface area contributed by atoms with E-state index in [9.17, 15) is 27.6 Å². The highest BCUT2D eigenvalue weighted by molar-refractivity contribution is 6.03. The third kappa shape index (κ3) is 4.03. The molecule has 41 heavy (non-hydrogen) atoms. The molecule has 1 N–H and O–H groups in total. The molecule has 0 saturated heterocycles. The Morgan fingerprint density at radius 3 is 2.27 bits per heavy atom. The first-order chi connectivity index (χ1) is 18.7. The van der Waals surface area contributed by atoms with Gasteiger partial charge >= 0.3 is 6.18 Å². The van der Waals surface area contributed by atoms with Crippen molar-refractivity contribution in [2.75, 3.05) is 6.54 Å². The number of hydrogen-bond acceptors (Lipinski definition) is 3. The van der Waals surface area contributed by atoms with Crippen LogP contribution in [0.3, 0.4) is 0 Å². The molecule has 1 amide bonds. The molecule has 0 aromatic rings. The number of carbonyl (C=O) groups is 3. The predicted molar refractivity (Wildman–Crippen MR) is 149 cm³/mol. The summed E-state index contributed by atoms with van der Waals surface area (Å²) in [6, 6.07) is 0. The van der Waals surface area contributed by atoms with E-state index in [2.05, 4.69) is 44.8 Å². The molecule has 224 valence electrons. The van der Waals surface area contributed by atoms with Crippen LogP contribution in [0.2, 0.25) is 0 Å². The minimum Gasteiger partial charge on any atom is -0.346 e. The summed E-state index contributed by atoms with van der Waals surface area (Å²) in [5.41, 5.74) is -2.44. The van der Waals surface area contributed by atoms with Gasteiger partial charge in [0.2, 0.25) is 11.6 Å². The van der Waals surface area contributed by atoms with Crippen LogP contribution in [0, 0.1) is 56.8 Å². The fourth-order valence-electron chi connectivity index (χ4n) is 10.4. The van der Waals surface area contributed by atoms with Gasteiger partial charge in [-0.1, -0.05) is 60.1 Å². The van der Waals surface area contributed by atoms with Crippen LogP contribution in [0.1, 0.15) is 93.4 Å². The summed E-state index contributed by atoms with van der Waals surface area (Å²) >= 11 is 0. The highest BCUT2D eigenvalue weighted by Gasteiger charge is 2.70. The number of hydrogen-bond donors (Lipinski definition) is 1. The van der Waals surface area contributed by atoms with E-state index in [1.54, 1.807) is 12.2 Å².